The summed E-state index contributed by atoms with van der Waals surface area (Å²) in [5.74, 6) is -2.91. The van der Waals surface area contributed by atoms with E-state index in [4.69, 9.17) is 4.18 Å². The zero-order valence-corrected chi connectivity index (χ0v) is 12.8. The smallest absolute Gasteiger partial charge is 0.339 e. The molecular formula is C15H12F2O5S. The zero-order valence-electron chi connectivity index (χ0n) is 12.0. The second-order valence-electron chi connectivity index (χ2n) is 4.51. The lowest BCUT2D eigenvalue weighted by molar-refractivity contribution is -0.139. The van der Waals surface area contributed by atoms with Crippen molar-refractivity contribution in [3.63, 3.8) is 0 Å². The summed E-state index contributed by atoms with van der Waals surface area (Å²) in [6.07, 6.45) is 0.0344. The first-order valence-corrected chi connectivity index (χ1v) is 7.78. The molecule has 0 aromatic heterocycles. The van der Waals surface area contributed by atoms with E-state index in [9.17, 15) is 22.0 Å². The number of halogens is 2. The van der Waals surface area contributed by atoms with Crippen LogP contribution >= 0.6 is 0 Å². The Kier molecular flexibility index (Phi) is 4.95. The topological polar surface area (TPSA) is 69.7 Å². The third-order valence-corrected chi connectivity index (χ3v) is 4.13. The van der Waals surface area contributed by atoms with Gasteiger partial charge in [0.2, 0.25) is 0 Å². The number of rotatable bonds is 5. The third-order valence-electron chi connectivity index (χ3n) is 2.89. The molecule has 0 spiro atoms. The first-order chi connectivity index (χ1) is 10.8. The Morgan fingerprint density at radius 1 is 1.04 bits per heavy atom. The van der Waals surface area contributed by atoms with E-state index in [1.165, 1.54) is 31.4 Å². The van der Waals surface area contributed by atoms with Crippen LogP contribution in [0.5, 0.6) is 5.75 Å². The highest BCUT2D eigenvalue weighted by Gasteiger charge is 2.19. The molecule has 23 heavy (non-hydrogen) atoms. The van der Waals surface area contributed by atoms with Crippen LogP contribution < -0.4 is 4.18 Å². The number of esters is 1. The Labute approximate surface area is 131 Å². The number of benzene rings is 2. The molecule has 8 heteroatoms. The highest BCUT2D eigenvalue weighted by Crippen LogP contribution is 2.21. The minimum atomic E-state index is -4.29. The van der Waals surface area contributed by atoms with Gasteiger partial charge in [0, 0.05) is 0 Å². The van der Waals surface area contributed by atoms with Gasteiger partial charge in [0.25, 0.3) is 0 Å². The van der Waals surface area contributed by atoms with Crippen LogP contribution in [-0.2, 0) is 26.1 Å². The Morgan fingerprint density at radius 2 is 1.70 bits per heavy atom. The highest BCUT2D eigenvalue weighted by molar-refractivity contribution is 7.87. The molecule has 0 saturated carbocycles. The summed E-state index contributed by atoms with van der Waals surface area (Å²) in [7, 11) is -3.03. The number of carbonyl (C=O) groups is 1. The molecule has 5 nitrogen and oxygen atoms in total. The summed E-state index contributed by atoms with van der Waals surface area (Å²) in [4.78, 5) is 10.6. The van der Waals surface area contributed by atoms with Crippen molar-refractivity contribution >= 4 is 16.1 Å². The van der Waals surface area contributed by atoms with Crippen LogP contribution in [0.1, 0.15) is 5.56 Å². The first kappa shape index (κ1) is 16.9. The summed E-state index contributed by atoms with van der Waals surface area (Å²) in [6.45, 7) is 0. The van der Waals surface area contributed by atoms with Crippen LogP contribution in [0.4, 0.5) is 8.78 Å². The maximum Gasteiger partial charge on any atom is 0.339 e. The molecule has 0 unspecified atom stereocenters. The van der Waals surface area contributed by atoms with Gasteiger partial charge in [-0.25, -0.2) is 8.78 Å². The van der Waals surface area contributed by atoms with E-state index in [0.29, 0.717) is 17.7 Å². The van der Waals surface area contributed by atoms with E-state index in [1.54, 1.807) is 0 Å². The number of ether oxygens (including phenoxy) is 1. The van der Waals surface area contributed by atoms with Gasteiger partial charge in [-0.05, 0) is 35.9 Å². The monoisotopic (exact) mass is 342 g/mol. The van der Waals surface area contributed by atoms with Gasteiger partial charge in [-0.3, -0.25) is 4.79 Å². The second kappa shape index (κ2) is 6.74. The normalized spacial score (nSPS) is 11.1. The lowest BCUT2D eigenvalue weighted by Crippen LogP contribution is -2.10. The van der Waals surface area contributed by atoms with Gasteiger partial charge in [0.05, 0.1) is 13.5 Å². The fourth-order valence-corrected chi connectivity index (χ4v) is 2.65. The van der Waals surface area contributed by atoms with Crippen LogP contribution in [-0.4, -0.2) is 21.5 Å². The van der Waals surface area contributed by atoms with Gasteiger partial charge in [0.15, 0.2) is 11.6 Å². The third kappa shape index (κ3) is 4.26. The minimum absolute atomic E-state index is 0.0247. The first-order valence-electron chi connectivity index (χ1n) is 6.37. The summed E-state index contributed by atoms with van der Waals surface area (Å²) < 4.78 is 59.3. The van der Waals surface area contributed by atoms with Crippen LogP contribution in [0, 0.1) is 11.6 Å². The number of methoxy groups -OCH3 is 1. The average molecular weight is 342 g/mol. The standard InChI is InChI=1S/C15H12F2O5S/c1-21-15(18)8-10-2-4-11(5-3-10)22-23(19,20)12-6-7-13(16)14(17)9-12/h2-7,9H,8H2,1H3. The molecule has 0 radical (unpaired) electrons. The van der Waals surface area contributed by atoms with Gasteiger partial charge in [-0.15, -0.1) is 0 Å². The molecule has 0 bridgehead atoms. The number of hydrogen-bond acceptors (Lipinski definition) is 5. The van der Waals surface area contributed by atoms with Crippen molar-refractivity contribution in [3.05, 3.63) is 59.7 Å². The second-order valence-corrected chi connectivity index (χ2v) is 6.06. The quantitative estimate of drug-likeness (QED) is 0.617. The molecule has 0 heterocycles. The molecule has 2 aromatic carbocycles. The van der Waals surface area contributed by atoms with Crippen molar-refractivity contribution in [2.75, 3.05) is 7.11 Å². The van der Waals surface area contributed by atoms with Crippen molar-refractivity contribution < 1.29 is 30.9 Å². The highest BCUT2D eigenvalue weighted by atomic mass is 32.2. The van der Waals surface area contributed by atoms with Crippen molar-refractivity contribution in [1.82, 2.24) is 0 Å². The van der Waals surface area contributed by atoms with Crippen molar-refractivity contribution in [2.45, 2.75) is 11.3 Å². The summed E-state index contributed by atoms with van der Waals surface area (Å²) in [5.41, 5.74) is 0.606. The minimum Gasteiger partial charge on any atom is -0.469 e. The van der Waals surface area contributed by atoms with Crippen LogP contribution in [0.3, 0.4) is 0 Å². The molecule has 0 amide bonds. The molecule has 0 aliphatic carbocycles. The van der Waals surface area contributed by atoms with Crippen molar-refractivity contribution in [1.29, 1.82) is 0 Å². The maximum atomic E-state index is 13.1. The zero-order chi connectivity index (χ0) is 17.0. The fourth-order valence-electron chi connectivity index (χ4n) is 1.71. The number of carbonyl (C=O) groups excluding carboxylic acids is 1. The van der Waals surface area contributed by atoms with E-state index in [0.717, 1.165) is 6.07 Å². The predicted molar refractivity (Wildman–Crippen MR) is 76.3 cm³/mol. The molecule has 0 aliphatic rings. The van der Waals surface area contributed by atoms with Crippen LogP contribution in [0.15, 0.2) is 47.4 Å². The Hall–Kier alpha value is -2.48. The molecule has 0 aliphatic heterocycles. The molecule has 2 aromatic rings. The van der Waals surface area contributed by atoms with Crippen LogP contribution in [0.25, 0.3) is 0 Å². The maximum absolute atomic E-state index is 13.1. The van der Waals surface area contributed by atoms with E-state index in [1.807, 2.05) is 0 Å². The Bertz CT molecular complexity index is 816. The van der Waals surface area contributed by atoms with Gasteiger partial charge in [0.1, 0.15) is 10.6 Å². The molecule has 0 N–H and O–H groups in total. The molecule has 2 rings (SSSR count). The van der Waals surface area contributed by atoms with E-state index >= 15 is 0 Å². The lowest BCUT2D eigenvalue weighted by Gasteiger charge is -2.08. The molecule has 0 atom stereocenters. The van der Waals surface area contributed by atoms with Gasteiger partial charge in [-0.2, -0.15) is 8.42 Å². The Balaban J connectivity index is 2.17. The van der Waals surface area contributed by atoms with E-state index in [2.05, 4.69) is 4.74 Å². The van der Waals surface area contributed by atoms with Gasteiger partial charge >= 0.3 is 16.1 Å². The summed E-state index contributed by atoms with van der Waals surface area (Å²) in [5, 5.41) is 0. The lowest BCUT2D eigenvalue weighted by atomic mass is 10.1. The molecule has 122 valence electrons. The summed E-state index contributed by atoms with van der Waals surface area (Å²) in [6, 6.07) is 7.81. The van der Waals surface area contributed by atoms with E-state index < -0.39 is 32.6 Å². The largest absolute Gasteiger partial charge is 0.469 e. The van der Waals surface area contributed by atoms with Crippen molar-refractivity contribution in [3.8, 4) is 5.75 Å². The van der Waals surface area contributed by atoms with E-state index in [-0.39, 0.29) is 12.2 Å². The Morgan fingerprint density at radius 3 is 2.26 bits per heavy atom. The van der Waals surface area contributed by atoms with Crippen LogP contribution in [0.2, 0.25) is 0 Å². The number of hydrogen-bond donors (Lipinski definition) is 0. The predicted octanol–water partition coefficient (Wildman–Crippen LogP) is 2.45. The SMILES string of the molecule is COC(=O)Cc1ccc(OS(=O)(=O)c2ccc(F)c(F)c2)cc1. The summed E-state index contributed by atoms with van der Waals surface area (Å²) >= 11 is 0. The molecular weight excluding hydrogens is 330 g/mol. The fraction of sp³-hybridized carbons (Fsp3) is 0.133. The van der Waals surface area contributed by atoms with Crippen molar-refractivity contribution in [2.24, 2.45) is 0 Å². The average Bonchev–Trinajstić information content (AvgIpc) is 2.51. The van der Waals surface area contributed by atoms with Gasteiger partial charge < -0.3 is 8.92 Å². The van der Waals surface area contributed by atoms with Gasteiger partial charge in [-0.1, -0.05) is 12.1 Å². The molecule has 0 fully saturated rings. The molecule has 0 saturated heterocycles.